The third kappa shape index (κ3) is 2.44. The molecule has 0 aromatic heterocycles. The van der Waals surface area contributed by atoms with E-state index in [4.69, 9.17) is 5.11 Å². The molecule has 0 amide bonds. The molecule has 0 unspecified atom stereocenters. The smallest absolute Gasteiger partial charge is 0.310 e. The van der Waals surface area contributed by atoms with Crippen LogP contribution in [0.3, 0.4) is 0 Å². The Kier molecular flexibility index (Phi) is 3.38. The van der Waals surface area contributed by atoms with E-state index in [0.717, 1.165) is 16.3 Å². The van der Waals surface area contributed by atoms with Crippen molar-refractivity contribution in [2.75, 3.05) is 6.26 Å². The molecule has 0 aliphatic rings. The first-order valence-corrected chi connectivity index (χ1v) is 6.65. The Morgan fingerprint density at radius 1 is 1.18 bits per heavy atom. The molecule has 88 valence electrons. The number of carboxylic acid groups (broad SMARTS) is 1. The lowest BCUT2D eigenvalue weighted by Gasteiger charge is -2.08. The molecule has 0 heterocycles. The predicted octanol–water partition coefficient (Wildman–Crippen LogP) is 3.75. The van der Waals surface area contributed by atoms with Crippen molar-refractivity contribution in [3.63, 3.8) is 0 Å². The summed E-state index contributed by atoms with van der Waals surface area (Å²) in [4.78, 5) is 12.2. The summed E-state index contributed by atoms with van der Waals surface area (Å²) in [6.07, 6.45) is 2.04. The zero-order valence-corrected chi connectivity index (χ0v) is 10.6. The Balaban J connectivity index is 2.48. The maximum absolute atomic E-state index is 10.9. The Morgan fingerprint density at radius 2 is 1.82 bits per heavy atom. The average molecular weight is 246 g/mol. The topological polar surface area (TPSA) is 37.3 Å². The number of aliphatic carboxylic acids is 1. The lowest BCUT2D eigenvalue weighted by Crippen LogP contribution is -2.06. The van der Waals surface area contributed by atoms with Crippen molar-refractivity contribution >= 4 is 28.5 Å². The van der Waals surface area contributed by atoms with Crippen LogP contribution in [0, 0.1) is 0 Å². The molecule has 0 radical (unpaired) electrons. The van der Waals surface area contributed by atoms with E-state index >= 15 is 0 Å². The van der Waals surface area contributed by atoms with Crippen LogP contribution in [0.25, 0.3) is 10.8 Å². The van der Waals surface area contributed by atoms with Crippen molar-refractivity contribution in [1.29, 1.82) is 0 Å². The van der Waals surface area contributed by atoms with Gasteiger partial charge in [-0.1, -0.05) is 24.3 Å². The molecule has 0 saturated heterocycles. The molecule has 0 fully saturated rings. The Bertz CT molecular complexity index is 563. The van der Waals surface area contributed by atoms with Gasteiger partial charge in [-0.05, 0) is 41.6 Å². The number of benzene rings is 2. The van der Waals surface area contributed by atoms with Crippen molar-refractivity contribution in [1.82, 2.24) is 0 Å². The molecular formula is C14H14O2S. The maximum Gasteiger partial charge on any atom is 0.310 e. The summed E-state index contributed by atoms with van der Waals surface area (Å²) < 4.78 is 0. The molecule has 0 aliphatic heterocycles. The summed E-state index contributed by atoms with van der Waals surface area (Å²) in [5.41, 5.74) is 0.849. The van der Waals surface area contributed by atoms with Crippen LogP contribution in [0.2, 0.25) is 0 Å². The van der Waals surface area contributed by atoms with Gasteiger partial charge in [-0.3, -0.25) is 4.79 Å². The molecule has 1 N–H and O–H groups in total. The van der Waals surface area contributed by atoms with Crippen LogP contribution in [0.4, 0.5) is 0 Å². The summed E-state index contributed by atoms with van der Waals surface area (Å²) in [5.74, 6) is -1.25. The second-order valence-electron chi connectivity index (χ2n) is 4.03. The van der Waals surface area contributed by atoms with E-state index in [1.807, 2.05) is 30.5 Å². The number of thioether (sulfide) groups is 1. The van der Waals surface area contributed by atoms with Crippen LogP contribution < -0.4 is 0 Å². The summed E-state index contributed by atoms with van der Waals surface area (Å²) in [7, 11) is 0. The minimum Gasteiger partial charge on any atom is -0.481 e. The minimum atomic E-state index is -0.787. The van der Waals surface area contributed by atoms with Gasteiger partial charge in [0.15, 0.2) is 0 Å². The maximum atomic E-state index is 10.9. The van der Waals surface area contributed by atoms with Crippen LogP contribution in [0.1, 0.15) is 18.4 Å². The zero-order chi connectivity index (χ0) is 12.4. The second-order valence-corrected chi connectivity index (χ2v) is 4.91. The van der Waals surface area contributed by atoms with E-state index in [2.05, 4.69) is 12.1 Å². The molecule has 0 saturated carbocycles. The molecule has 2 aromatic rings. The molecule has 2 rings (SSSR count). The lowest BCUT2D eigenvalue weighted by molar-refractivity contribution is -0.138. The van der Waals surface area contributed by atoms with Gasteiger partial charge in [-0.25, -0.2) is 0 Å². The largest absolute Gasteiger partial charge is 0.481 e. The number of carboxylic acids is 1. The van der Waals surface area contributed by atoms with Gasteiger partial charge in [0.1, 0.15) is 0 Å². The lowest BCUT2D eigenvalue weighted by atomic mass is 9.98. The number of carbonyl (C=O) groups is 1. The first kappa shape index (κ1) is 12.0. The third-order valence-electron chi connectivity index (χ3n) is 2.94. The predicted molar refractivity (Wildman–Crippen MR) is 71.8 cm³/mol. The minimum absolute atomic E-state index is 0.459. The molecule has 3 heteroatoms. The van der Waals surface area contributed by atoms with Gasteiger partial charge in [0.2, 0.25) is 0 Å². The third-order valence-corrected chi connectivity index (χ3v) is 3.67. The van der Waals surface area contributed by atoms with Crippen molar-refractivity contribution < 1.29 is 9.90 Å². The van der Waals surface area contributed by atoms with Gasteiger partial charge in [0, 0.05) is 4.90 Å². The average Bonchev–Trinajstić information content (AvgIpc) is 2.36. The fourth-order valence-corrected chi connectivity index (χ4v) is 2.23. The van der Waals surface area contributed by atoms with Crippen LogP contribution in [-0.4, -0.2) is 17.3 Å². The number of fused-ring (bicyclic) bond motifs is 1. The van der Waals surface area contributed by atoms with Crippen molar-refractivity contribution in [2.24, 2.45) is 0 Å². The first-order valence-electron chi connectivity index (χ1n) is 5.42. The van der Waals surface area contributed by atoms with E-state index < -0.39 is 11.9 Å². The fraction of sp³-hybridized carbons (Fsp3) is 0.214. The molecule has 1 atom stereocenters. The van der Waals surface area contributed by atoms with E-state index in [1.165, 1.54) is 4.90 Å². The summed E-state index contributed by atoms with van der Waals surface area (Å²) in [5, 5.41) is 11.2. The van der Waals surface area contributed by atoms with Crippen LogP contribution >= 0.6 is 11.8 Å². The normalized spacial score (nSPS) is 12.6. The van der Waals surface area contributed by atoms with Gasteiger partial charge in [0.25, 0.3) is 0 Å². The van der Waals surface area contributed by atoms with Gasteiger partial charge in [-0.15, -0.1) is 11.8 Å². The Morgan fingerprint density at radius 3 is 2.47 bits per heavy atom. The molecule has 2 nitrogen and oxygen atoms in total. The standard InChI is InChI=1S/C14H14O2S/c1-9(14(15)16)10-3-4-12-8-13(17-2)6-5-11(12)7-10/h3-9H,1-2H3,(H,15,16)/t9-/m1/s1. The second kappa shape index (κ2) is 4.80. The quantitative estimate of drug-likeness (QED) is 0.838. The SMILES string of the molecule is CSc1ccc2cc([C@@H](C)C(=O)O)ccc2c1. The molecule has 2 aromatic carbocycles. The number of hydrogen-bond acceptors (Lipinski definition) is 2. The van der Waals surface area contributed by atoms with Gasteiger partial charge in [0.05, 0.1) is 5.92 Å². The van der Waals surface area contributed by atoms with Crippen molar-refractivity contribution in [3.05, 3.63) is 42.0 Å². The van der Waals surface area contributed by atoms with Crippen molar-refractivity contribution in [3.8, 4) is 0 Å². The van der Waals surface area contributed by atoms with Gasteiger partial charge >= 0.3 is 5.97 Å². The highest BCUT2D eigenvalue weighted by Crippen LogP contribution is 2.25. The van der Waals surface area contributed by atoms with E-state index in [0.29, 0.717) is 0 Å². The monoisotopic (exact) mass is 246 g/mol. The van der Waals surface area contributed by atoms with Crippen LogP contribution in [0.5, 0.6) is 0 Å². The Hall–Kier alpha value is -1.48. The molecular weight excluding hydrogens is 232 g/mol. The summed E-state index contributed by atoms with van der Waals surface area (Å²) in [6, 6.07) is 12.1. The first-order chi connectivity index (χ1) is 8.11. The highest BCUT2D eigenvalue weighted by atomic mass is 32.2. The molecule has 0 spiro atoms. The molecule has 0 bridgehead atoms. The van der Waals surface area contributed by atoms with Gasteiger partial charge < -0.3 is 5.11 Å². The number of hydrogen-bond donors (Lipinski definition) is 1. The van der Waals surface area contributed by atoms with Gasteiger partial charge in [-0.2, -0.15) is 0 Å². The highest BCUT2D eigenvalue weighted by molar-refractivity contribution is 7.98. The molecule has 17 heavy (non-hydrogen) atoms. The molecule has 0 aliphatic carbocycles. The Labute approximate surface area is 105 Å². The highest BCUT2D eigenvalue weighted by Gasteiger charge is 2.13. The van der Waals surface area contributed by atoms with Crippen LogP contribution in [0.15, 0.2) is 41.3 Å². The van der Waals surface area contributed by atoms with E-state index in [9.17, 15) is 4.79 Å². The zero-order valence-electron chi connectivity index (χ0n) is 9.81. The van der Waals surface area contributed by atoms with Crippen molar-refractivity contribution in [2.45, 2.75) is 17.7 Å². The van der Waals surface area contributed by atoms with E-state index in [-0.39, 0.29) is 0 Å². The summed E-state index contributed by atoms with van der Waals surface area (Å²) >= 11 is 1.70. The van der Waals surface area contributed by atoms with Crippen LogP contribution in [-0.2, 0) is 4.79 Å². The number of rotatable bonds is 3. The van der Waals surface area contributed by atoms with E-state index in [1.54, 1.807) is 18.7 Å². The fourth-order valence-electron chi connectivity index (χ4n) is 1.78. The summed E-state index contributed by atoms with van der Waals surface area (Å²) in [6.45, 7) is 1.71.